The van der Waals surface area contributed by atoms with Gasteiger partial charge in [0.15, 0.2) is 0 Å². The highest BCUT2D eigenvalue weighted by Crippen LogP contribution is 2.15. The number of rotatable bonds is 4. The summed E-state index contributed by atoms with van der Waals surface area (Å²) in [5.41, 5.74) is 2.34. The molecular formula is C17H22N4O2. The van der Waals surface area contributed by atoms with Crippen LogP contribution in [-0.2, 0) is 4.79 Å². The number of hydrogen-bond acceptors (Lipinski definition) is 3. The molecule has 122 valence electrons. The lowest BCUT2D eigenvalue weighted by atomic mass is 10.0. The Morgan fingerprint density at radius 2 is 2.13 bits per heavy atom. The highest BCUT2D eigenvalue weighted by atomic mass is 16.2. The number of carbonyl (C=O) groups excluding carboxylic acids is 2. The molecule has 2 heterocycles. The van der Waals surface area contributed by atoms with Crippen molar-refractivity contribution in [3.05, 3.63) is 30.1 Å². The number of nitrogens with one attached hydrogen (secondary N) is 2. The Bertz CT molecular complexity index is 701. The van der Waals surface area contributed by atoms with Gasteiger partial charge in [-0.05, 0) is 37.5 Å². The standard InChI is InChI=1S/C17H22N4O2/c1-2-3-16(22)21-8-6-13(7-9-21)20-17(23)12-4-5-14-15(10-12)19-11-18-14/h4-5,10-11,13H,2-3,6-9H2,1H3,(H,18,19)(H,20,23). The van der Waals surface area contributed by atoms with E-state index in [9.17, 15) is 9.59 Å². The van der Waals surface area contributed by atoms with E-state index in [1.807, 2.05) is 24.0 Å². The Morgan fingerprint density at radius 1 is 1.35 bits per heavy atom. The molecule has 0 aliphatic carbocycles. The first-order chi connectivity index (χ1) is 11.2. The normalized spacial score (nSPS) is 15.8. The maximum absolute atomic E-state index is 12.4. The molecule has 1 aliphatic rings. The summed E-state index contributed by atoms with van der Waals surface area (Å²) in [5.74, 6) is 0.154. The van der Waals surface area contributed by atoms with Crippen LogP contribution in [0.1, 0.15) is 43.0 Å². The van der Waals surface area contributed by atoms with Gasteiger partial charge >= 0.3 is 0 Å². The van der Waals surface area contributed by atoms with Crippen LogP contribution in [-0.4, -0.2) is 45.8 Å². The lowest BCUT2D eigenvalue weighted by Crippen LogP contribution is -2.46. The maximum atomic E-state index is 12.4. The number of imidazole rings is 1. The summed E-state index contributed by atoms with van der Waals surface area (Å²) in [4.78, 5) is 33.3. The summed E-state index contributed by atoms with van der Waals surface area (Å²) >= 11 is 0. The van der Waals surface area contributed by atoms with Gasteiger partial charge in [0.2, 0.25) is 5.91 Å². The van der Waals surface area contributed by atoms with Crippen LogP contribution >= 0.6 is 0 Å². The van der Waals surface area contributed by atoms with Gasteiger partial charge in [0.1, 0.15) is 0 Å². The Kier molecular flexibility index (Phi) is 4.60. The van der Waals surface area contributed by atoms with Gasteiger partial charge in [-0.1, -0.05) is 6.92 Å². The van der Waals surface area contributed by atoms with E-state index in [1.54, 1.807) is 12.4 Å². The molecule has 2 N–H and O–H groups in total. The third-order valence-electron chi connectivity index (χ3n) is 4.33. The topological polar surface area (TPSA) is 78.1 Å². The number of likely N-dealkylation sites (tertiary alicyclic amines) is 1. The van der Waals surface area contributed by atoms with E-state index in [2.05, 4.69) is 15.3 Å². The van der Waals surface area contributed by atoms with Gasteiger partial charge in [-0.2, -0.15) is 0 Å². The molecule has 2 amide bonds. The highest BCUT2D eigenvalue weighted by molar-refractivity contribution is 5.97. The summed E-state index contributed by atoms with van der Waals surface area (Å²) in [6.07, 6.45) is 4.74. The van der Waals surface area contributed by atoms with E-state index in [-0.39, 0.29) is 17.9 Å². The molecule has 6 heteroatoms. The highest BCUT2D eigenvalue weighted by Gasteiger charge is 2.23. The average molecular weight is 314 g/mol. The van der Waals surface area contributed by atoms with Crippen LogP contribution in [0.4, 0.5) is 0 Å². The molecule has 0 radical (unpaired) electrons. The molecule has 0 spiro atoms. The molecule has 1 aliphatic heterocycles. The number of fused-ring (bicyclic) bond motifs is 1. The van der Waals surface area contributed by atoms with Crippen LogP contribution in [0.25, 0.3) is 11.0 Å². The molecule has 1 aromatic carbocycles. The minimum atomic E-state index is -0.0696. The van der Waals surface area contributed by atoms with E-state index < -0.39 is 0 Å². The van der Waals surface area contributed by atoms with Crippen molar-refractivity contribution in [1.29, 1.82) is 0 Å². The number of carbonyl (C=O) groups is 2. The number of nitrogens with zero attached hydrogens (tertiary/aromatic N) is 2. The number of amides is 2. The van der Waals surface area contributed by atoms with E-state index in [4.69, 9.17) is 0 Å². The summed E-state index contributed by atoms with van der Waals surface area (Å²) in [7, 11) is 0. The Labute approximate surface area is 135 Å². The van der Waals surface area contributed by atoms with Gasteiger partial charge in [-0.25, -0.2) is 4.98 Å². The molecule has 2 aromatic rings. The summed E-state index contributed by atoms with van der Waals surface area (Å²) in [5, 5.41) is 3.07. The minimum Gasteiger partial charge on any atom is -0.349 e. The van der Waals surface area contributed by atoms with Crippen LogP contribution in [0.3, 0.4) is 0 Å². The number of aromatic amines is 1. The Balaban J connectivity index is 1.55. The van der Waals surface area contributed by atoms with Crippen molar-refractivity contribution >= 4 is 22.8 Å². The molecule has 1 saturated heterocycles. The number of benzene rings is 1. The molecular weight excluding hydrogens is 292 g/mol. The number of hydrogen-bond donors (Lipinski definition) is 2. The molecule has 0 saturated carbocycles. The minimum absolute atomic E-state index is 0.0696. The maximum Gasteiger partial charge on any atom is 0.251 e. The zero-order chi connectivity index (χ0) is 16.2. The smallest absolute Gasteiger partial charge is 0.251 e. The predicted octanol–water partition coefficient (Wildman–Crippen LogP) is 2.08. The fourth-order valence-electron chi connectivity index (χ4n) is 2.99. The van der Waals surface area contributed by atoms with E-state index in [0.29, 0.717) is 12.0 Å². The summed E-state index contributed by atoms with van der Waals surface area (Å²) < 4.78 is 0. The first kappa shape index (κ1) is 15.5. The van der Waals surface area contributed by atoms with Crippen LogP contribution in [0.15, 0.2) is 24.5 Å². The predicted molar refractivity (Wildman–Crippen MR) is 88.1 cm³/mol. The lowest BCUT2D eigenvalue weighted by molar-refractivity contribution is -0.132. The largest absolute Gasteiger partial charge is 0.349 e. The third kappa shape index (κ3) is 3.52. The monoisotopic (exact) mass is 314 g/mol. The second-order valence-electron chi connectivity index (χ2n) is 6.01. The molecule has 1 aromatic heterocycles. The molecule has 1 fully saturated rings. The van der Waals surface area contributed by atoms with Gasteiger partial charge in [0.25, 0.3) is 5.91 Å². The first-order valence-electron chi connectivity index (χ1n) is 8.19. The lowest BCUT2D eigenvalue weighted by Gasteiger charge is -2.32. The second kappa shape index (κ2) is 6.81. The zero-order valence-electron chi connectivity index (χ0n) is 13.3. The molecule has 0 atom stereocenters. The Hall–Kier alpha value is -2.37. The van der Waals surface area contributed by atoms with Crippen molar-refractivity contribution in [2.75, 3.05) is 13.1 Å². The van der Waals surface area contributed by atoms with E-state index in [1.165, 1.54) is 0 Å². The fraction of sp³-hybridized carbons (Fsp3) is 0.471. The van der Waals surface area contributed by atoms with Gasteiger partial charge in [-0.15, -0.1) is 0 Å². The van der Waals surface area contributed by atoms with Crippen molar-refractivity contribution in [3.63, 3.8) is 0 Å². The average Bonchev–Trinajstić information content (AvgIpc) is 3.03. The molecule has 23 heavy (non-hydrogen) atoms. The van der Waals surface area contributed by atoms with Crippen molar-refractivity contribution in [2.45, 2.75) is 38.6 Å². The molecule has 0 unspecified atom stereocenters. The van der Waals surface area contributed by atoms with Gasteiger partial charge in [0, 0.05) is 31.1 Å². The van der Waals surface area contributed by atoms with Gasteiger partial charge in [-0.3, -0.25) is 9.59 Å². The zero-order valence-corrected chi connectivity index (χ0v) is 13.3. The fourth-order valence-corrected chi connectivity index (χ4v) is 2.99. The summed E-state index contributed by atoms with van der Waals surface area (Å²) in [6, 6.07) is 5.58. The number of H-pyrrole nitrogens is 1. The number of aromatic nitrogens is 2. The SMILES string of the molecule is CCCC(=O)N1CCC(NC(=O)c2ccc3nc[nH]c3c2)CC1. The van der Waals surface area contributed by atoms with Crippen molar-refractivity contribution < 1.29 is 9.59 Å². The Morgan fingerprint density at radius 3 is 2.87 bits per heavy atom. The van der Waals surface area contributed by atoms with Crippen LogP contribution in [0.5, 0.6) is 0 Å². The van der Waals surface area contributed by atoms with Crippen LogP contribution < -0.4 is 5.32 Å². The van der Waals surface area contributed by atoms with E-state index >= 15 is 0 Å². The van der Waals surface area contributed by atoms with Crippen LogP contribution in [0, 0.1) is 0 Å². The van der Waals surface area contributed by atoms with Crippen molar-refractivity contribution in [1.82, 2.24) is 20.2 Å². The first-order valence-corrected chi connectivity index (χ1v) is 8.19. The third-order valence-corrected chi connectivity index (χ3v) is 4.33. The van der Waals surface area contributed by atoms with Gasteiger partial charge in [0.05, 0.1) is 17.4 Å². The van der Waals surface area contributed by atoms with Crippen LogP contribution in [0.2, 0.25) is 0 Å². The van der Waals surface area contributed by atoms with Gasteiger partial charge < -0.3 is 15.2 Å². The van der Waals surface area contributed by atoms with Crippen molar-refractivity contribution in [3.8, 4) is 0 Å². The molecule has 6 nitrogen and oxygen atoms in total. The second-order valence-corrected chi connectivity index (χ2v) is 6.01. The molecule has 3 rings (SSSR count). The van der Waals surface area contributed by atoms with Crippen molar-refractivity contribution in [2.24, 2.45) is 0 Å². The van der Waals surface area contributed by atoms with E-state index in [0.717, 1.165) is 43.4 Å². The number of piperidine rings is 1. The summed E-state index contributed by atoms with van der Waals surface area (Å²) in [6.45, 7) is 3.47. The quantitative estimate of drug-likeness (QED) is 0.907. The molecule has 0 bridgehead atoms.